The number of benzene rings is 4. The first kappa shape index (κ1) is 35.5. The molecule has 252 valence electrons. The molecule has 0 aromatic heterocycles. The summed E-state index contributed by atoms with van der Waals surface area (Å²) in [6.07, 6.45) is 5.18. The number of carbonyl (C=O) groups is 2. The monoisotopic (exact) mass is 705 g/mol. The molecule has 10 heteroatoms. The van der Waals surface area contributed by atoms with Crippen LogP contribution in [0.4, 0.5) is 5.69 Å². The molecule has 48 heavy (non-hydrogen) atoms. The first-order valence-electron chi connectivity index (χ1n) is 16.3. The number of amides is 2. The van der Waals surface area contributed by atoms with Gasteiger partial charge < -0.3 is 10.2 Å². The van der Waals surface area contributed by atoms with E-state index >= 15 is 0 Å². The summed E-state index contributed by atoms with van der Waals surface area (Å²) in [6.45, 7) is 3.18. The first-order chi connectivity index (χ1) is 23.0. The van der Waals surface area contributed by atoms with Crippen LogP contribution in [0.5, 0.6) is 0 Å². The maximum Gasteiger partial charge on any atom is 0.264 e. The number of hydrogen-bond donors (Lipinski definition) is 1. The molecule has 7 nitrogen and oxygen atoms in total. The van der Waals surface area contributed by atoms with Gasteiger partial charge in [-0.2, -0.15) is 0 Å². The third-order valence-electron chi connectivity index (χ3n) is 8.80. The van der Waals surface area contributed by atoms with Crippen molar-refractivity contribution >= 4 is 50.7 Å². The largest absolute Gasteiger partial charge is 0.352 e. The van der Waals surface area contributed by atoms with E-state index in [0.717, 1.165) is 47.5 Å². The van der Waals surface area contributed by atoms with Crippen LogP contribution in [-0.4, -0.2) is 43.8 Å². The Bertz CT molecular complexity index is 1830. The lowest BCUT2D eigenvalue weighted by Gasteiger charge is -2.35. The van der Waals surface area contributed by atoms with Crippen LogP contribution in [-0.2, 0) is 32.6 Å². The van der Waals surface area contributed by atoms with Crippen LogP contribution >= 0.6 is 23.2 Å². The number of carbonyl (C=O) groups excluding carboxylic acids is 2. The summed E-state index contributed by atoms with van der Waals surface area (Å²) in [4.78, 5) is 30.6. The predicted molar refractivity (Wildman–Crippen MR) is 193 cm³/mol. The van der Waals surface area contributed by atoms with Crippen LogP contribution in [0.1, 0.15) is 54.4 Å². The standard InChI is InChI=1S/C38H41Cl2N3O4S/c1-27-18-19-28(2)35(22-27)43(48(46,47)32-16-10-5-11-17-32)26-37(44)42(25-30-20-21-33(39)34(40)23-30)36(24-29-12-6-3-7-13-29)38(45)41-31-14-8-4-9-15-31/h3,5-7,10-13,16-23,31,36H,4,8-9,14-15,24-26H2,1-2H3,(H,41,45)/t36-/m1/s1. The van der Waals surface area contributed by atoms with E-state index < -0.39 is 28.5 Å². The van der Waals surface area contributed by atoms with Crippen LogP contribution in [0.25, 0.3) is 0 Å². The van der Waals surface area contributed by atoms with Crippen molar-refractivity contribution in [1.29, 1.82) is 0 Å². The smallest absolute Gasteiger partial charge is 0.264 e. The zero-order valence-electron chi connectivity index (χ0n) is 27.2. The Morgan fingerprint density at radius 3 is 2.15 bits per heavy atom. The average Bonchev–Trinajstić information content (AvgIpc) is 3.09. The SMILES string of the molecule is Cc1ccc(C)c(N(CC(=O)N(Cc2ccc(Cl)c(Cl)c2)[C@H](Cc2ccccc2)C(=O)NC2CCCCC2)S(=O)(=O)c2ccccc2)c1. The van der Waals surface area contributed by atoms with Crippen molar-refractivity contribution in [3.05, 3.63) is 129 Å². The van der Waals surface area contributed by atoms with E-state index in [0.29, 0.717) is 26.9 Å². The van der Waals surface area contributed by atoms with Gasteiger partial charge in [0.25, 0.3) is 10.0 Å². The van der Waals surface area contributed by atoms with Crippen molar-refractivity contribution in [3.8, 4) is 0 Å². The number of halogens is 2. The van der Waals surface area contributed by atoms with E-state index in [4.69, 9.17) is 23.2 Å². The normalized spacial score (nSPS) is 14.2. The van der Waals surface area contributed by atoms with E-state index in [-0.39, 0.29) is 29.8 Å². The molecule has 1 atom stereocenters. The van der Waals surface area contributed by atoms with Gasteiger partial charge in [0.15, 0.2) is 0 Å². The molecule has 4 aromatic rings. The molecular formula is C38H41Cl2N3O4S. The lowest BCUT2D eigenvalue weighted by molar-refractivity contribution is -0.140. The number of anilines is 1. The summed E-state index contributed by atoms with van der Waals surface area (Å²) in [5, 5.41) is 3.91. The summed E-state index contributed by atoms with van der Waals surface area (Å²) in [6, 6.07) is 27.3. The Labute approximate surface area is 293 Å². The molecule has 0 spiro atoms. The second-order valence-electron chi connectivity index (χ2n) is 12.4. The van der Waals surface area contributed by atoms with E-state index in [1.54, 1.807) is 42.5 Å². The second kappa shape index (κ2) is 16.0. The molecule has 1 N–H and O–H groups in total. The van der Waals surface area contributed by atoms with E-state index in [1.807, 2.05) is 56.3 Å². The maximum absolute atomic E-state index is 14.8. The molecule has 0 saturated heterocycles. The van der Waals surface area contributed by atoms with Crippen molar-refractivity contribution in [2.75, 3.05) is 10.8 Å². The summed E-state index contributed by atoms with van der Waals surface area (Å²) in [5.41, 5.74) is 3.47. The predicted octanol–water partition coefficient (Wildman–Crippen LogP) is 7.89. The van der Waals surface area contributed by atoms with Crippen LogP contribution in [0.3, 0.4) is 0 Å². The summed E-state index contributed by atoms with van der Waals surface area (Å²) < 4.78 is 29.8. The molecule has 1 saturated carbocycles. The zero-order valence-corrected chi connectivity index (χ0v) is 29.6. The van der Waals surface area contributed by atoms with Gasteiger partial charge in [-0.05, 0) is 79.3 Å². The molecule has 1 aliphatic rings. The van der Waals surface area contributed by atoms with Gasteiger partial charge in [0, 0.05) is 19.0 Å². The van der Waals surface area contributed by atoms with Crippen molar-refractivity contribution in [2.24, 2.45) is 0 Å². The Hall–Kier alpha value is -3.85. The van der Waals surface area contributed by atoms with Crippen LogP contribution in [0.2, 0.25) is 10.0 Å². The maximum atomic E-state index is 14.8. The topological polar surface area (TPSA) is 86.8 Å². The molecule has 0 radical (unpaired) electrons. The van der Waals surface area contributed by atoms with Crippen LogP contribution in [0, 0.1) is 13.8 Å². The van der Waals surface area contributed by atoms with Gasteiger partial charge in [0.1, 0.15) is 12.6 Å². The Balaban J connectivity index is 1.59. The summed E-state index contributed by atoms with van der Waals surface area (Å²) in [5.74, 6) is -0.801. The van der Waals surface area contributed by atoms with Crippen LogP contribution < -0.4 is 9.62 Å². The molecule has 0 bridgehead atoms. The minimum Gasteiger partial charge on any atom is -0.352 e. The highest BCUT2D eigenvalue weighted by atomic mass is 35.5. The lowest BCUT2D eigenvalue weighted by Crippen LogP contribution is -2.55. The number of rotatable bonds is 12. The van der Waals surface area contributed by atoms with Gasteiger partial charge in [-0.25, -0.2) is 8.42 Å². The Morgan fingerprint density at radius 2 is 1.48 bits per heavy atom. The molecule has 4 aromatic carbocycles. The van der Waals surface area contributed by atoms with Crippen molar-refractivity contribution in [1.82, 2.24) is 10.2 Å². The molecule has 0 heterocycles. The van der Waals surface area contributed by atoms with Crippen molar-refractivity contribution in [2.45, 2.75) is 75.9 Å². The number of aryl methyl sites for hydroxylation is 2. The van der Waals surface area contributed by atoms with E-state index in [2.05, 4.69) is 5.32 Å². The van der Waals surface area contributed by atoms with Gasteiger partial charge in [0.2, 0.25) is 11.8 Å². The molecule has 1 fully saturated rings. The number of nitrogens with zero attached hydrogens (tertiary/aromatic N) is 2. The molecule has 5 rings (SSSR count). The summed E-state index contributed by atoms with van der Waals surface area (Å²) in [7, 11) is -4.19. The molecular weight excluding hydrogens is 665 g/mol. The average molecular weight is 707 g/mol. The number of sulfonamides is 1. The van der Waals surface area contributed by atoms with Gasteiger partial charge in [-0.3, -0.25) is 13.9 Å². The fourth-order valence-electron chi connectivity index (χ4n) is 6.15. The molecule has 1 aliphatic carbocycles. The first-order valence-corrected chi connectivity index (χ1v) is 18.5. The lowest BCUT2D eigenvalue weighted by atomic mass is 9.94. The van der Waals surface area contributed by atoms with E-state index in [9.17, 15) is 18.0 Å². The molecule has 0 aliphatic heterocycles. The van der Waals surface area contributed by atoms with Crippen LogP contribution in [0.15, 0.2) is 102 Å². The zero-order chi connectivity index (χ0) is 34.3. The third-order valence-corrected chi connectivity index (χ3v) is 11.3. The molecule has 2 amide bonds. The third kappa shape index (κ3) is 8.78. The fourth-order valence-corrected chi connectivity index (χ4v) is 7.97. The minimum absolute atomic E-state index is 0.0105. The quantitative estimate of drug-likeness (QED) is 0.162. The van der Waals surface area contributed by atoms with Crippen molar-refractivity contribution < 1.29 is 18.0 Å². The van der Waals surface area contributed by atoms with Gasteiger partial charge in [-0.1, -0.05) is 109 Å². The van der Waals surface area contributed by atoms with Gasteiger partial charge in [-0.15, -0.1) is 0 Å². The Morgan fingerprint density at radius 1 is 0.812 bits per heavy atom. The van der Waals surface area contributed by atoms with Gasteiger partial charge in [0.05, 0.1) is 20.6 Å². The highest BCUT2D eigenvalue weighted by Crippen LogP contribution is 2.30. The minimum atomic E-state index is -4.19. The highest BCUT2D eigenvalue weighted by molar-refractivity contribution is 7.92. The summed E-state index contributed by atoms with van der Waals surface area (Å²) >= 11 is 12.6. The second-order valence-corrected chi connectivity index (χ2v) is 15.1. The number of nitrogens with one attached hydrogen (secondary N) is 1. The Kier molecular flexibility index (Phi) is 11.8. The van der Waals surface area contributed by atoms with E-state index in [1.165, 1.54) is 17.0 Å². The highest BCUT2D eigenvalue weighted by Gasteiger charge is 2.36. The number of hydrogen-bond acceptors (Lipinski definition) is 4. The molecule has 0 unspecified atom stereocenters. The van der Waals surface area contributed by atoms with Gasteiger partial charge >= 0.3 is 0 Å². The van der Waals surface area contributed by atoms with Crippen molar-refractivity contribution in [3.63, 3.8) is 0 Å². The fraction of sp³-hybridized carbons (Fsp3) is 0.316.